The van der Waals surface area contributed by atoms with Gasteiger partial charge in [-0.25, -0.2) is 0 Å². The number of nitrogens with one attached hydrogen (secondary N) is 1. The van der Waals surface area contributed by atoms with Gasteiger partial charge in [0.25, 0.3) is 0 Å². The van der Waals surface area contributed by atoms with E-state index in [0.29, 0.717) is 0 Å². The standard InChI is InChI=1S/C16H21NO/c1-4-6-13-7-5-8-14(11-13)15(17-3)16-12(2)9-10-18-16/h5,7-11,15,17H,4,6H2,1-3H3. The van der Waals surface area contributed by atoms with Crippen LogP contribution in [0.5, 0.6) is 0 Å². The first kappa shape index (κ1) is 12.9. The van der Waals surface area contributed by atoms with Crippen molar-refractivity contribution in [1.29, 1.82) is 0 Å². The fourth-order valence-electron chi connectivity index (χ4n) is 2.35. The van der Waals surface area contributed by atoms with Crippen LogP contribution in [0.25, 0.3) is 0 Å². The van der Waals surface area contributed by atoms with Gasteiger partial charge in [0.2, 0.25) is 0 Å². The van der Waals surface area contributed by atoms with E-state index in [0.717, 1.165) is 12.2 Å². The van der Waals surface area contributed by atoms with Crippen LogP contribution in [-0.2, 0) is 6.42 Å². The summed E-state index contributed by atoms with van der Waals surface area (Å²) in [6.45, 7) is 4.29. The predicted octanol–water partition coefficient (Wildman–Crippen LogP) is 3.85. The van der Waals surface area contributed by atoms with Crippen LogP contribution in [0.1, 0.15) is 41.8 Å². The Morgan fingerprint density at radius 3 is 2.72 bits per heavy atom. The molecule has 1 unspecified atom stereocenters. The van der Waals surface area contributed by atoms with Crippen molar-refractivity contribution in [3.63, 3.8) is 0 Å². The van der Waals surface area contributed by atoms with Crippen LogP contribution in [-0.4, -0.2) is 7.05 Å². The third-order valence-electron chi connectivity index (χ3n) is 3.28. The molecule has 0 spiro atoms. The van der Waals surface area contributed by atoms with Crippen molar-refractivity contribution in [3.05, 3.63) is 59.0 Å². The molecule has 2 nitrogen and oxygen atoms in total. The van der Waals surface area contributed by atoms with Crippen molar-refractivity contribution in [3.8, 4) is 0 Å². The van der Waals surface area contributed by atoms with Crippen molar-refractivity contribution < 1.29 is 4.42 Å². The van der Waals surface area contributed by atoms with Gasteiger partial charge in [0.1, 0.15) is 5.76 Å². The molecule has 0 aliphatic carbocycles. The highest BCUT2D eigenvalue weighted by Gasteiger charge is 2.17. The lowest BCUT2D eigenvalue weighted by atomic mass is 9.99. The molecular weight excluding hydrogens is 222 g/mol. The Hall–Kier alpha value is -1.54. The summed E-state index contributed by atoms with van der Waals surface area (Å²) in [5, 5.41) is 3.34. The highest BCUT2D eigenvalue weighted by atomic mass is 16.3. The number of hydrogen-bond acceptors (Lipinski definition) is 2. The second-order valence-corrected chi connectivity index (χ2v) is 4.68. The van der Waals surface area contributed by atoms with Gasteiger partial charge >= 0.3 is 0 Å². The molecule has 0 amide bonds. The molecule has 1 atom stereocenters. The van der Waals surface area contributed by atoms with Crippen molar-refractivity contribution >= 4 is 0 Å². The fraction of sp³-hybridized carbons (Fsp3) is 0.375. The van der Waals surface area contributed by atoms with Crippen molar-refractivity contribution in [1.82, 2.24) is 5.32 Å². The molecule has 96 valence electrons. The van der Waals surface area contributed by atoms with Crippen LogP contribution in [0.4, 0.5) is 0 Å². The number of hydrogen-bond donors (Lipinski definition) is 1. The molecule has 18 heavy (non-hydrogen) atoms. The van der Waals surface area contributed by atoms with Crippen LogP contribution < -0.4 is 5.32 Å². The Morgan fingerprint density at radius 2 is 2.11 bits per heavy atom. The first-order valence-electron chi connectivity index (χ1n) is 6.56. The third kappa shape index (κ3) is 2.65. The molecule has 2 aromatic rings. The number of rotatable bonds is 5. The molecule has 0 saturated carbocycles. The van der Waals surface area contributed by atoms with Gasteiger partial charge in [-0.2, -0.15) is 0 Å². The molecule has 0 radical (unpaired) electrons. The van der Waals surface area contributed by atoms with E-state index in [-0.39, 0.29) is 6.04 Å². The smallest absolute Gasteiger partial charge is 0.128 e. The Labute approximate surface area is 109 Å². The zero-order valence-corrected chi connectivity index (χ0v) is 11.4. The van der Waals surface area contributed by atoms with E-state index in [2.05, 4.69) is 43.4 Å². The summed E-state index contributed by atoms with van der Waals surface area (Å²) < 4.78 is 5.61. The number of aryl methyl sites for hydroxylation is 2. The minimum Gasteiger partial charge on any atom is -0.467 e. The lowest BCUT2D eigenvalue weighted by Crippen LogP contribution is -2.18. The maximum atomic E-state index is 5.61. The first-order valence-corrected chi connectivity index (χ1v) is 6.56. The van der Waals surface area contributed by atoms with Crippen molar-refractivity contribution in [2.75, 3.05) is 7.05 Å². The average Bonchev–Trinajstić information content (AvgIpc) is 2.78. The minimum atomic E-state index is 0.136. The summed E-state index contributed by atoms with van der Waals surface area (Å²) in [6, 6.07) is 10.9. The Balaban J connectivity index is 2.33. The number of furan rings is 1. The van der Waals surface area contributed by atoms with E-state index in [4.69, 9.17) is 4.42 Å². The summed E-state index contributed by atoms with van der Waals surface area (Å²) >= 11 is 0. The van der Waals surface area contributed by atoms with Gasteiger partial charge in [0, 0.05) is 0 Å². The van der Waals surface area contributed by atoms with Gasteiger partial charge in [-0.05, 0) is 43.1 Å². The molecule has 2 rings (SSSR count). The molecule has 0 aliphatic rings. The van der Waals surface area contributed by atoms with Crippen LogP contribution in [0.15, 0.2) is 41.0 Å². The molecule has 0 bridgehead atoms. The molecule has 0 fully saturated rings. The zero-order chi connectivity index (χ0) is 13.0. The molecule has 1 heterocycles. The largest absolute Gasteiger partial charge is 0.467 e. The van der Waals surface area contributed by atoms with E-state index in [1.165, 1.54) is 23.1 Å². The SMILES string of the molecule is CCCc1cccc(C(NC)c2occc2C)c1. The van der Waals surface area contributed by atoms with Crippen LogP contribution in [0, 0.1) is 6.92 Å². The lowest BCUT2D eigenvalue weighted by Gasteiger charge is -2.16. The van der Waals surface area contributed by atoms with Gasteiger partial charge in [0.05, 0.1) is 12.3 Å². The van der Waals surface area contributed by atoms with E-state index in [9.17, 15) is 0 Å². The number of benzene rings is 1. The monoisotopic (exact) mass is 243 g/mol. The third-order valence-corrected chi connectivity index (χ3v) is 3.28. The quantitative estimate of drug-likeness (QED) is 0.863. The Kier molecular flexibility index (Phi) is 4.21. The summed E-state index contributed by atoms with van der Waals surface area (Å²) in [7, 11) is 1.97. The predicted molar refractivity (Wildman–Crippen MR) is 74.8 cm³/mol. The Bertz CT molecular complexity index is 501. The average molecular weight is 243 g/mol. The second-order valence-electron chi connectivity index (χ2n) is 4.68. The summed E-state index contributed by atoms with van der Waals surface area (Å²) in [6.07, 6.45) is 4.06. The molecule has 0 aliphatic heterocycles. The zero-order valence-electron chi connectivity index (χ0n) is 11.4. The van der Waals surface area contributed by atoms with Gasteiger partial charge in [-0.15, -0.1) is 0 Å². The summed E-state index contributed by atoms with van der Waals surface area (Å²) in [5.41, 5.74) is 3.84. The molecule has 0 saturated heterocycles. The lowest BCUT2D eigenvalue weighted by molar-refractivity contribution is 0.460. The van der Waals surface area contributed by atoms with Crippen LogP contribution >= 0.6 is 0 Å². The molecule has 1 N–H and O–H groups in total. The van der Waals surface area contributed by atoms with E-state index in [1.807, 2.05) is 13.1 Å². The summed E-state index contributed by atoms with van der Waals surface area (Å²) in [5.74, 6) is 1.01. The molecule has 1 aromatic carbocycles. The summed E-state index contributed by atoms with van der Waals surface area (Å²) in [4.78, 5) is 0. The van der Waals surface area contributed by atoms with Crippen molar-refractivity contribution in [2.45, 2.75) is 32.7 Å². The van der Waals surface area contributed by atoms with Crippen molar-refractivity contribution in [2.24, 2.45) is 0 Å². The van der Waals surface area contributed by atoms with Gasteiger partial charge in [-0.1, -0.05) is 37.6 Å². The fourth-order valence-corrected chi connectivity index (χ4v) is 2.35. The van der Waals surface area contributed by atoms with E-state index < -0.39 is 0 Å². The van der Waals surface area contributed by atoms with Crippen LogP contribution in [0.3, 0.4) is 0 Å². The maximum Gasteiger partial charge on any atom is 0.128 e. The molecule has 2 heteroatoms. The Morgan fingerprint density at radius 1 is 1.28 bits per heavy atom. The maximum absolute atomic E-state index is 5.61. The minimum absolute atomic E-state index is 0.136. The highest BCUT2D eigenvalue weighted by molar-refractivity contribution is 5.33. The van der Waals surface area contributed by atoms with Crippen LogP contribution in [0.2, 0.25) is 0 Å². The molecule has 1 aromatic heterocycles. The highest BCUT2D eigenvalue weighted by Crippen LogP contribution is 2.26. The molecular formula is C16H21NO. The topological polar surface area (TPSA) is 25.2 Å². The first-order chi connectivity index (χ1) is 8.76. The van der Waals surface area contributed by atoms with Gasteiger partial charge < -0.3 is 9.73 Å². The normalized spacial score (nSPS) is 12.6. The van der Waals surface area contributed by atoms with E-state index >= 15 is 0 Å². The van der Waals surface area contributed by atoms with Gasteiger partial charge in [-0.3, -0.25) is 0 Å². The van der Waals surface area contributed by atoms with E-state index in [1.54, 1.807) is 6.26 Å². The second kappa shape index (κ2) is 5.87. The van der Waals surface area contributed by atoms with Gasteiger partial charge in [0.15, 0.2) is 0 Å².